The molecule has 2 aromatic carbocycles. The van der Waals surface area contributed by atoms with Crippen LogP contribution in [0.3, 0.4) is 0 Å². The van der Waals surface area contributed by atoms with Crippen LogP contribution >= 0.6 is 0 Å². The van der Waals surface area contributed by atoms with Gasteiger partial charge in [0.2, 0.25) is 0 Å². The highest BCUT2D eigenvalue weighted by atomic mass is 14.0. The van der Waals surface area contributed by atoms with Crippen LogP contribution in [-0.4, -0.2) is 0 Å². The van der Waals surface area contributed by atoms with Gasteiger partial charge in [-0.3, -0.25) is 0 Å². The number of hydrogen-bond acceptors (Lipinski definition) is 0. The van der Waals surface area contributed by atoms with E-state index < -0.39 is 0 Å². The van der Waals surface area contributed by atoms with Crippen molar-refractivity contribution in [1.82, 2.24) is 0 Å². The topological polar surface area (TPSA) is 0 Å². The van der Waals surface area contributed by atoms with E-state index in [1.165, 1.54) is 22.3 Å². The maximum Gasteiger partial charge on any atom is -0.0179 e. The van der Waals surface area contributed by atoms with Gasteiger partial charge in [-0.2, -0.15) is 0 Å². The molecule has 0 unspecified atom stereocenters. The largest absolute Gasteiger partial charge is 0.0985 e. The molecule has 0 atom stereocenters. The maximum absolute atomic E-state index is 3.76. The highest BCUT2D eigenvalue weighted by Crippen LogP contribution is 2.22. The Morgan fingerprint density at radius 3 is 1.88 bits per heavy atom. The van der Waals surface area contributed by atoms with Crippen LogP contribution in [0.5, 0.6) is 0 Å². The summed E-state index contributed by atoms with van der Waals surface area (Å²) >= 11 is 0. The van der Waals surface area contributed by atoms with E-state index in [-0.39, 0.29) is 0 Å². The normalized spacial score (nSPS) is 10.1. The van der Waals surface area contributed by atoms with E-state index in [1.807, 2.05) is 6.08 Å². The van der Waals surface area contributed by atoms with E-state index in [0.717, 1.165) is 5.56 Å². The summed E-state index contributed by atoms with van der Waals surface area (Å²) in [6.45, 7) is 8.03. The second kappa shape index (κ2) is 4.36. The summed E-state index contributed by atoms with van der Waals surface area (Å²) in [5.74, 6) is 0. The molecule has 0 aromatic heterocycles. The second-order valence-electron chi connectivity index (χ2n) is 4.20. The van der Waals surface area contributed by atoms with Gasteiger partial charge in [0.05, 0.1) is 0 Å². The van der Waals surface area contributed by atoms with Gasteiger partial charge in [-0.15, -0.1) is 0 Å². The minimum atomic E-state index is 1.16. The molecule has 0 aliphatic rings. The lowest BCUT2D eigenvalue weighted by Gasteiger charge is -2.05. The minimum Gasteiger partial charge on any atom is -0.0985 e. The molecule has 0 spiro atoms. The van der Waals surface area contributed by atoms with E-state index in [0.29, 0.717) is 0 Å². The molecule has 2 aromatic rings. The van der Waals surface area contributed by atoms with Crippen LogP contribution in [0, 0.1) is 13.8 Å². The molecule has 0 heteroatoms. The average molecular weight is 208 g/mol. The fraction of sp³-hybridized carbons (Fsp3) is 0.125. The van der Waals surface area contributed by atoms with Gasteiger partial charge in [0.25, 0.3) is 0 Å². The van der Waals surface area contributed by atoms with Gasteiger partial charge in [0.1, 0.15) is 0 Å². The standard InChI is InChI=1S/C16H16/c1-4-14-5-7-15(8-6-14)16-10-12(2)9-13(3)11-16/h4-11H,1H2,2-3H3. The Hall–Kier alpha value is -1.82. The van der Waals surface area contributed by atoms with Crippen molar-refractivity contribution in [2.24, 2.45) is 0 Å². The maximum atomic E-state index is 3.76. The van der Waals surface area contributed by atoms with Crippen LogP contribution in [0.25, 0.3) is 17.2 Å². The highest BCUT2D eigenvalue weighted by molar-refractivity contribution is 5.66. The molecule has 0 bridgehead atoms. The molecule has 0 amide bonds. The van der Waals surface area contributed by atoms with Crippen molar-refractivity contribution in [2.75, 3.05) is 0 Å². The van der Waals surface area contributed by atoms with Crippen molar-refractivity contribution in [3.63, 3.8) is 0 Å². The van der Waals surface area contributed by atoms with Crippen LogP contribution < -0.4 is 0 Å². The van der Waals surface area contributed by atoms with E-state index in [1.54, 1.807) is 0 Å². The molecule has 0 radical (unpaired) electrons. The van der Waals surface area contributed by atoms with Crippen LogP contribution in [0.1, 0.15) is 16.7 Å². The third-order valence-electron chi connectivity index (χ3n) is 2.70. The van der Waals surface area contributed by atoms with E-state index in [9.17, 15) is 0 Å². The second-order valence-corrected chi connectivity index (χ2v) is 4.20. The fourth-order valence-corrected chi connectivity index (χ4v) is 1.95. The molecule has 0 heterocycles. The lowest BCUT2D eigenvalue weighted by Crippen LogP contribution is -1.83. The third-order valence-corrected chi connectivity index (χ3v) is 2.70. The molecular formula is C16H16. The predicted molar refractivity (Wildman–Crippen MR) is 71.4 cm³/mol. The Bertz CT molecular complexity index is 484. The van der Waals surface area contributed by atoms with Crippen LogP contribution in [0.2, 0.25) is 0 Å². The number of benzene rings is 2. The van der Waals surface area contributed by atoms with Crippen LogP contribution in [0.4, 0.5) is 0 Å². The zero-order valence-corrected chi connectivity index (χ0v) is 9.83. The molecular weight excluding hydrogens is 192 g/mol. The summed E-state index contributed by atoms with van der Waals surface area (Å²) in [5.41, 5.74) is 6.32. The number of rotatable bonds is 2. The molecule has 0 nitrogen and oxygen atoms in total. The number of aryl methyl sites for hydroxylation is 2. The summed E-state index contributed by atoms with van der Waals surface area (Å²) in [5, 5.41) is 0. The summed E-state index contributed by atoms with van der Waals surface area (Å²) in [4.78, 5) is 0. The van der Waals surface area contributed by atoms with Gasteiger partial charge in [-0.1, -0.05) is 66.2 Å². The van der Waals surface area contributed by atoms with E-state index >= 15 is 0 Å². The molecule has 0 fully saturated rings. The Morgan fingerprint density at radius 2 is 1.38 bits per heavy atom. The molecule has 0 N–H and O–H groups in total. The summed E-state index contributed by atoms with van der Waals surface area (Å²) < 4.78 is 0. The summed E-state index contributed by atoms with van der Waals surface area (Å²) in [6.07, 6.45) is 1.87. The van der Waals surface area contributed by atoms with Crippen molar-refractivity contribution in [3.05, 3.63) is 65.7 Å². The molecule has 0 aliphatic carbocycles. The third kappa shape index (κ3) is 2.22. The van der Waals surface area contributed by atoms with Crippen molar-refractivity contribution in [1.29, 1.82) is 0 Å². The summed E-state index contributed by atoms with van der Waals surface area (Å²) in [7, 11) is 0. The van der Waals surface area contributed by atoms with Crippen molar-refractivity contribution in [3.8, 4) is 11.1 Å². The average Bonchev–Trinajstić information content (AvgIpc) is 2.28. The zero-order chi connectivity index (χ0) is 11.5. The molecule has 0 aliphatic heterocycles. The summed E-state index contributed by atoms with van der Waals surface area (Å²) in [6, 6.07) is 15.1. The number of hydrogen-bond donors (Lipinski definition) is 0. The fourth-order valence-electron chi connectivity index (χ4n) is 1.95. The van der Waals surface area contributed by atoms with Gasteiger partial charge in [0.15, 0.2) is 0 Å². The van der Waals surface area contributed by atoms with Gasteiger partial charge in [-0.25, -0.2) is 0 Å². The Balaban J connectivity index is 2.45. The first-order valence-corrected chi connectivity index (χ1v) is 5.50. The molecule has 16 heavy (non-hydrogen) atoms. The Kier molecular flexibility index (Phi) is 2.91. The minimum absolute atomic E-state index is 1.16. The first kappa shape index (κ1) is 10.7. The first-order chi connectivity index (χ1) is 7.69. The van der Waals surface area contributed by atoms with Crippen LogP contribution in [-0.2, 0) is 0 Å². The zero-order valence-electron chi connectivity index (χ0n) is 9.83. The van der Waals surface area contributed by atoms with E-state index in [4.69, 9.17) is 0 Å². The molecule has 0 saturated carbocycles. The lowest BCUT2D eigenvalue weighted by molar-refractivity contribution is 1.38. The smallest absolute Gasteiger partial charge is 0.0179 e. The molecule has 2 rings (SSSR count). The van der Waals surface area contributed by atoms with Gasteiger partial charge >= 0.3 is 0 Å². The van der Waals surface area contributed by atoms with Gasteiger partial charge in [-0.05, 0) is 30.5 Å². The van der Waals surface area contributed by atoms with Crippen LogP contribution in [0.15, 0.2) is 49.0 Å². The Labute approximate surface area is 97.3 Å². The lowest BCUT2D eigenvalue weighted by atomic mass is 10.00. The quantitative estimate of drug-likeness (QED) is 0.676. The van der Waals surface area contributed by atoms with Gasteiger partial charge in [0, 0.05) is 0 Å². The van der Waals surface area contributed by atoms with Crippen molar-refractivity contribution < 1.29 is 0 Å². The highest BCUT2D eigenvalue weighted by Gasteiger charge is 1.99. The van der Waals surface area contributed by atoms with Crippen molar-refractivity contribution in [2.45, 2.75) is 13.8 Å². The SMILES string of the molecule is C=Cc1ccc(-c2cc(C)cc(C)c2)cc1. The first-order valence-electron chi connectivity index (χ1n) is 5.50. The Morgan fingerprint density at radius 1 is 0.812 bits per heavy atom. The van der Waals surface area contributed by atoms with Gasteiger partial charge < -0.3 is 0 Å². The monoisotopic (exact) mass is 208 g/mol. The van der Waals surface area contributed by atoms with Crippen molar-refractivity contribution >= 4 is 6.08 Å². The molecule has 80 valence electrons. The van der Waals surface area contributed by atoms with E-state index in [2.05, 4.69) is 62.9 Å². The molecule has 0 saturated heterocycles. The predicted octanol–water partition coefficient (Wildman–Crippen LogP) is 4.61.